The van der Waals surface area contributed by atoms with E-state index in [1.54, 1.807) is 24.3 Å². The number of hydrogen-bond acceptors (Lipinski definition) is 5. The standard InChI is InChI=1S/C24H24F3N5O2/c25-24(26,27)21-14-22(33)29-19-4-1-2-5-20(19)32(21)23(34)16-30-10-3-11-31(13-12-30)18-8-6-17(15-28)7-9-18/h1-2,4-9,21H,3,10-14,16H2,(H,29,33). The molecule has 1 atom stereocenters. The fraction of sp³-hybridized carbons (Fsp3) is 0.375. The second-order valence-corrected chi connectivity index (χ2v) is 8.37. The van der Waals surface area contributed by atoms with E-state index in [0.717, 1.165) is 23.6 Å². The van der Waals surface area contributed by atoms with Crippen LogP contribution < -0.4 is 15.1 Å². The number of amides is 2. The number of nitriles is 1. The van der Waals surface area contributed by atoms with Crippen LogP contribution >= 0.6 is 0 Å². The van der Waals surface area contributed by atoms with Gasteiger partial charge < -0.3 is 10.2 Å². The highest BCUT2D eigenvalue weighted by molar-refractivity contribution is 6.05. The van der Waals surface area contributed by atoms with E-state index >= 15 is 0 Å². The van der Waals surface area contributed by atoms with Crippen LogP contribution in [0.4, 0.5) is 30.2 Å². The van der Waals surface area contributed by atoms with Gasteiger partial charge in [0, 0.05) is 31.9 Å². The van der Waals surface area contributed by atoms with E-state index in [4.69, 9.17) is 5.26 Å². The van der Waals surface area contributed by atoms with E-state index in [9.17, 15) is 22.8 Å². The molecule has 4 rings (SSSR count). The molecule has 2 amide bonds. The van der Waals surface area contributed by atoms with Crippen molar-refractivity contribution in [3.8, 4) is 6.07 Å². The molecule has 2 aromatic rings. The largest absolute Gasteiger partial charge is 0.409 e. The number of rotatable bonds is 3. The number of para-hydroxylation sites is 2. The maximum atomic E-state index is 13.9. The molecule has 0 aromatic heterocycles. The molecule has 1 N–H and O–H groups in total. The smallest absolute Gasteiger partial charge is 0.370 e. The Kier molecular flexibility index (Phi) is 6.75. The van der Waals surface area contributed by atoms with Gasteiger partial charge in [0.15, 0.2) is 0 Å². The van der Waals surface area contributed by atoms with Crippen molar-refractivity contribution >= 4 is 28.9 Å². The number of benzene rings is 2. The number of nitrogens with one attached hydrogen (secondary N) is 1. The minimum absolute atomic E-state index is 0.0507. The Hall–Kier alpha value is -3.58. The number of carbonyl (C=O) groups excluding carboxylic acids is 2. The summed E-state index contributed by atoms with van der Waals surface area (Å²) in [4.78, 5) is 30.1. The van der Waals surface area contributed by atoms with Crippen LogP contribution in [-0.2, 0) is 9.59 Å². The molecule has 0 aliphatic carbocycles. The average Bonchev–Trinajstić information content (AvgIpc) is 3.13. The van der Waals surface area contributed by atoms with Gasteiger partial charge in [0.2, 0.25) is 11.8 Å². The highest BCUT2D eigenvalue weighted by Gasteiger charge is 2.49. The second-order valence-electron chi connectivity index (χ2n) is 8.37. The van der Waals surface area contributed by atoms with E-state index in [0.29, 0.717) is 25.2 Å². The first-order chi connectivity index (χ1) is 16.3. The molecular weight excluding hydrogens is 447 g/mol. The minimum atomic E-state index is -4.75. The third kappa shape index (κ3) is 5.15. The molecule has 2 aliphatic rings. The van der Waals surface area contributed by atoms with Crippen LogP contribution in [-0.4, -0.2) is 61.7 Å². The van der Waals surface area contributed by atoms with Gasteiger partial charge in [-0.15, -0.1) is 0 Å². The molecule has 2 heterocycles. The number of halogens is 3. The lowest BCUT2D eigenvalue weighted by Crippen LogP contribution is -2.52. The lowest BCUT2D eigenvalue weighted by Gasteiger charge is -2.33. The number of hydrogen-bond donors (Lipinski definition) is 1. The first-order valence-corrected chi connectivity index (χ1v) is 11.0. The van der Waals surface area contributed by atoms with Crippen molar-refractivity contribution in [2.24, 2.45) is 0 Å². The lowest BCUT2D eigenvalue weighted by atomic mass is 10.1. The third-order valence-electron chi connectivity index (χ3n) is 6.08. The van der Waals surface area contributed by atoms with Crippen molar-refractivity contribution in [1.82, 2.24) is 4.90 Å². The Labute approximate surface area is 195 Å². The number of alkyl halides is 3. The van der Waals surface area contributed by atoms with Crippen LogP contribution in [0.2, 0.25) is 0 Å². The molecule has 1 fully saturated rings. The van der Waals surface area contributed by atoms with E-state index < -0.39 is 30.5 Å². The predicted molar refractivity (Wildman–Crippen MR) is 121 cm³/mol. The summed E-state index contributed by atoms with van der Waals surface area (Å²) in [7, 11) is 0. The molecule has 2 aromatic carbocycles. The second kappa shape index (κ2) is 9.73. The fourth-order valence-electron chi connectivity index (χ4n) is 4.40. The molecule has 0 bridgehead atoms. The van der Waals surface area contributed by atoms with Gasteiger partial charge in [-0.2, -0.15) is 18.4 Å². The van der Waals surface area contributed by atoms with Gasteiger partial charge in [0.1, 0.15) is 6.04 Å². The summed E-state index contributed by atoms with van der Waals surface area (Å²) in [6.07, 6.45) is -4.88. The Morgan fingerprint density at radius 1 is 1.06 bits per heavy atom. The molecule has 0 saturated carbocycles. The number of carbonyl (C=O) groups is 2. The highest BCUT2D eigenvalue weighted by Crippen LogP contribution is 2.37. The van der Waals surface area contributed by atoms with Crippen LogP contribution in [0.25, 0.3) is 0 Å². The number of anilines is 3. The highest BCUT2D eigenvalue weighted by atomic mass is 19.4. The summed E-state index contributed by atoms with van der Waals surface area (Å²) in [6.45, 7) is 2.19. The van der Waals surface area contributed by atoms with Crippen molar-refractivity contribution in [1.29, 1.82) is 5.26 Å². The fourth-order valence-corrected chi connectivity index (χ4v) is 4.40. The summed E-state index contributed by atoms with van der Waals surface area (Å²) in [5, 5.41) is 11.5. The van der Waals surface area contributed by atoms with Gasteiger partial charge in [-0.25, -0.2) is 0 Å². The normalized spacial score (nSPS) is 19.5. The van der Waals surface area contributed by atoms with E-state index in [-0.39, 0.29) is 17.9 Å². The maximum Gasteiger partial charge on any atom is 0.409 e. The van der Waals surface area contributed by atoms with Crippen molar-refractivity contribution in [3.05, 3.63) is 54.1 Å². The zero-order valence-corrected chi connectivity index (χ0v) is 18.4. The van der Waals surface area contributed by atoms with Crippen LogP contribution in [0.15, 0.2) is 48.5 Å². The molecule has 2 aliphatic heterocycles. The maximum absolute atomic E-state index is 13.9. The third-order valence-corrected chi connectivity index (χ3v) is 6.08. The molecule has 178 valence electrons. The number of nitrogens with zero attached hydrogens (tertiary/aromatic N) is 4. The summed E-state index contributed by atoms with van der Waals surface area (Å²) in [5.74, 6) is -1.48. The minimum Gasteiger partial charge on any atom is -0.370 e. The molecule has 1 unspecified atom stereocenters. The van der Waals surface area contributed by atoms with E-state index in [1.165, 1.54) is 12.1 Å². The van der Waals surface area contributed by atoms with Gasteiger partial charge in [0.25, 0.3) is 0 Å². The van der Waals surface area contributed by atoms with Crippen molar-refractivity contribution in [2.45, 2.75) is 25.1 Å². The topological polar surface area (TPSA) is 79.7 Å². The van der Waals surface area contributed by atoms with Crippen LogP contribution in [0.1, 0.15) is 18.4 Å². The van der Waals surface area contributed by atoms with Gasteiger partial charge in [-0.1, -0.05) is 12.1 Å². The zero-order chi connectivity index (χ0) is 24.3. The molecule has 10 heteroatoms. The van der Waals surface area contributed by atoms with Crippen molar-refractivity contribution < 1.29 is 22.8 Å². The summed E-state index contributed by atoms with van der Waals surface area (Å²) >= 11 is 0. The lowest BCUT2D eigenvalue weighted by molar-refractivity contribution is -0.158. The van der Waals surface area contributed by atoms with E-state index in [1.807, 2.05) is 17.0 Å². The molecule has 34 heavy (non-hydrogen) atoms. The number of fused-ring (bicyclic) bond motifs is 1. The van der Waals surface area contributed by atoms with Gasteiger partial charge in [-0.05, 0) is 42.8 Å². The summed E-state index contributed by atoms with van der Waals surface area (Å²) in [5.41, 5.74) is 1.76. The molecule has 1 saturated heterocycles. The van der Waals surface area contributed by atoms with Gasteiger partial charge in [0.05, 0.1) is 36.0 Å². The Morgan fingerprint density at radius 2 is 1.79 bits per heavy atom. The molecule has 7 nitrogen and oxygen atoms in total. The Bertz CT molecular complexity index is 1100. The monoisotopic (exact) mass is 471 g/mol. The van der Waals surface area contributed by atoms with E-state index in [2.05, 4.69) is 16.3 Å². The van der Waals surface area contributed by atoms with Crippen molar-refractivity contribution in [3.63, 3.8) is 0 Å². The Morgan fingerprint density at radius 3 is 2.50 bits per heavy atom. The van der Waals surface area contributed by atoms with Gasteiger partial charge >= 0.3 is 6.18 Å². The molecular formula is C24H24F3N5O2. The summed E-state index contributed by atoms with van der Waals surface area (Å²) in [6, 6.07) is 13.1. The Balaban J connectivity index is 1.51. The van der Waals surface area contributed by atoms with Crippen LogP contribution in [0, 0.1) is 11.3 Å². The first kappa shape index (κ1) is 23.6. The van der Waals surface area contributed by atoms with Crippen molar-refractivity contribution in [2.75, 3.05) is 47.8 Å². The first-order valence-electron chi connectivity index (χ1n) is 11.0. The zero-order valence-electron chi connectivity index (χ0n) is 18.4. The van der Waals surface area contributed by atoms with Crippen LogP contribution in [0.5, 0.6) is 0 Å². The molecule has 0 radical (unpaired) electrons. The summed E-state index contributed by atoms with van der Waals surface area (Å²) < 4.78 is 41.8. The SMILES string of the molecule is N#Cc1ccc(N2CCCN(CC(=O)N3c4ccccc4NC(=O)CC3C(F)(F)F)CC2)cc1. The average molecular weight is 471 g/mol. The van der Waals surface area contributed by atoms with Crippen LogP contribution in [0.3, 0.4) is 0 Å². The quantitative estimate of drug-likeness (QED) is 0.743. The predicted octanol–water partition coefficient (Wildman–Crippen LogP) is 3.38. The van der Waals surface area contributed by atoms with Gasteiger partial charge in [-0.3, -0.25) is 19.4 Å². The molecule has 0 spiro atoms.